The second kappa shape index (κ2) is 4.10. The number of halogens is 1. The maximum atomic E-state index is 11.9. The van der Waals surface area contributed by atoms with E-state index in [4.69, 9.17) is 17.3 Å². The predicted octanol–water partition coefficient (Wildman–Crippen LogP) is 1.74. The minimum Gasteiger partial charge on any atom is -0.394 e. The van der Waals surface area contributed by atoms with Crippen LogP contribution in [0.15, 0.2) is 29.2 Å². The first kappa shape index (κ1) is 11.2. The molecule has 1 saturated carbocycles. The van der Waals surface area contributed by atoms with Gasteiger partial charge in [-0.3, -0.25) is 9.36 Å². The van der Waals surface area contributed by atoms with Crippen LogP contribution >= 0.6 is 11.6 Å². The molecule has 1 fully saturated rings. The average molecular weight is 263 g/mol. The SMILES string of the molecule is Nc1cc(Cl)cn(-c2ccc(C3CC3)nn2)c1=O. The van der Waals surface area contributed by atoms with Crippen LogP contribution in [0.3, 0.4) is 0 Å². The fraction of sp³-hybridized carbons (Fsp3) is 0.250. The number of pyridine rings is 1. The monoisotopic (exact) mass is 262 g/mol. The van der Waals surface area contributed by atoms with E-state index in [1.807, 2.05) is 6.07 Å². The lowest BCUT2D eigenvalue weighted by Gasteiger charge is -2.06. The van der Waals surface area contributed by atoms with Gasteiger partial charge in [0.1, 0.15) is 0 Å². The highest BCUT2D eigenvalue weighted by Crippen LogP contribution is 2.38. The molecule has 0 aromatic carbocycles. The van der Waals surface area contributed by atoms with Crippen molar-refractivity contribution in [3.05, 3.63) is 45.5 Å². The number of rotatable bonds is 2. The standard InChI is InChI=1S/C12H11ClN4O/c13-8-5-9(14)12(18)17(6-8)11-4-3-10(15-16-11)7-1-2-7/h3-7H,1-2,14H2. The zero-order chi connectivity index (χ0) is 12.7. The highest BCUT2D eigenvalue weighted by molar-refractivity contribution is 6.30. The molecule has 0 saturated heterocycles. The van der Waals surface area contributed by atoms with Gasteiger partial charge in [0, 0.05) is 12.1 Å². The quantitative estimate of drug-likeness (QED) is 0.895. The van der Waals surface area contributed by atoms with Crippen molar-refractivity contribution in [1.29, 1.82) is 0 Å². The van der Waals surface area contributed by atoms with E-state index in [2.05, 4.69) is 10.2 Å². The summed E-state index contributed by atoms with van der Waals surface area (Å²) >= 11 is 5.88. The summed E-state index contributed by atoms with van der Waals surface area (Å²) in [4.78, 5) is 11.9. The molecule has 1 aliphatic carbocycles. The predicted molar refractivity (Wildman–Crippen MR) is 69.0 cm³/mol. The van der Waals surface area contributed by atoms with Crippen molar-refractivity contribution in [3.8, 4) is 5.82 Å². The Balaban J connectivity index is 2.06. The Morgan fingerprint density at radius 2 is 2.11 bits per heavy atom. The van der Waals surface area contributed by atoms with E-state index in [1.54, 1.807) is 6.07 Å². The van der Waals surface area contributed by atoms with Crippen LogP contribution in [0.1, 0.15) is 24.5 Å². The number of nitrogen functional groups attached to an aromatic ring is 1. The maximum absolute atomic E-state index is 11.9. The number of nitrogens with two attached hydrogens (primary N) is 1. The molecule has 18 heavy (non-hydrogen) atoms. The third kappa shape index (κ3) is 1.97. The Hall–Kier alpha value is -1.88. The van der Waals surface area contributed by atoms with Gasteiger partial charge >= 0.3 is 0 Å². The van der Waals surface area contributed by atoms with E-state index in [0.717, 1.165) is 18.5 Å². The molecule has 92 valence electrons. The molecule has 2 aromatic heterocycles. The van der Waals surface area contributed by atoms with Gasteiger partial charge in [-0.1, -0.05) is 11.6 Å². The molecule has 0 atom stereocenters. The molecule has 2 aromatic rings. The Morgan fingerprint density at radius 3 is 2.72 bits per heavy atom. The summed E-state index contributed by atoms with van der Waals surface area (Å²) in [5.74, 6) is 0.964. The van der Waals surface area contributed by atoms with E-state index < -0.39 is 0 Å². The van der Waals surface area contributed by atoms with Gasteiger partial charge in [0.25, 0.3) is 5.56 Å². The Labute approximate surface area is 108 Å². The lowest BCUT2D eigenvalue weighted by atomic mass is 10.3. The second-order valence-electron chi connectivity index (χ2n) is 4.38. The Kier molecular flexibility index (Phi) is 2.56. The molecule has 0 radical (unpaired) electrons. The zero-order valence-corrected chi connectivity index (χ0v) is 10.3. The number of aromatic nitrogens is 3. The van der Waals surface area contributed by atoms with Gasteiger partial charge < -0.3 is 5.73 Å². The summed E-state index contributed by atoms with van der Waals surface area (Å²) in [5, 5.41) is 8.56. The van der Waals surface area contributed by atoms with Crippen molar-refractivity contribution in [2.24, 2.45) is 0 Å². The summed E-state index contributed by atoms with van der Waals surface area (Å²) in [5.41, 5.74) is 6.31. The first-order valence-corrected chi connectivity index (χ1v) is 6.04. The molecule has 5 nitrogen and oxygen atoms in total. The Bertz CT molecular complexity index is 646. The molecule has 0 unspecified atom stereocenters. The topological polar surface area (TPSA) is 73.8 Å². The summed E-state index contributed by atoms with van der Waals surface area (Å²) in [6, 6.07) is 5.08. The van der Waals surface area contributed by atoms with Crippen LogP contribution in [0.5, 0.6) is 0 Å². The van der Waals surface area contributed by atoms with Crippen molar-refractivity contribution >= 4 is 17.3 Å². The van der Waals surface area contributed by atoms with E-state index in [-0.39, 0.29) is 11.2 Å². The third-order valence-corrected chi connectivity index (χ3v) is 3.13. The van der Waals surface area contributed by atoms with Crippen LogP contribution in [0.25, 0.3) is 5.82 Å². The van der Waals surface area contributed by atoms with Gasteiger partial charge in [-0.05, 0) is 31.0 Å². The van der Waals surface area contributed by atoms with Crippen molar-refractivity contribution < 1.29 is 0 Å². The molecular formula is C12H11ClN4O. The van der Waals surface area contributed by atoms with Crippen LogP contribution in [0.4, 0.5) is 5.69 Å². The molecule has 2 N–H and O–H groups in total. The maximum Gasteiger partial charge on any atom is 0.279 e. The van der Waals surface area contributed by atoms with E-state index in [0.29, 0.717) is 16.8 Å². The van der Waals surface area contributed by atoms with Crippen LogP contribution in [0.2, 0.25) is 5.02 Å². The van der Waals surface area contributed by atoms with Gasteiger partial charge in [0.05, 0.1) is 16.4 Å². The van der Waals surface area contributed by atoms with Gasteiger partial charge in [-0.25, -0.2) is 0 Å². The Morgan fingerprint density at radius 1 is 1.33 bits per heavy atom. The number of nitrogens with zero attached hydrogens (tertiary/aromatic N) is 3. The molecule has 0 spiro atoms. The summed E-state index contributed by atoms with van der Waals surface area (Å²) in [6.07, 6.45) is 3.82. The largest absolute Gasteiger partial charge is 0.394 e. The summed E-state index contributed by atoms with van der Waals surface area (Å²) < 4.78 is 1.31. The van der Waals surface area contributed by atoms with Crippen LogP contribution < -0.4 is 11.3 Å². The van der Waals surface area contributed by atoms with E-state index >= 15 is 0 Å². The molecule has 1 aliphatic rings. The van der Waals surface area contributed by atoms with Gasteiger partial charge in [0.15, 0.2) is 5.82 Å². The average Bonchev–Trinajstić information content (AvgIpc) is 3.18. The third-order valence-electron chi connectivity index (χ3n) is 2.93. The lowest BCUT2D eigenvalue weighted by molar-refractivity contribution is 0.843. The first-order chi connectivity index (χ1) is 8.65. The zero-order valence-electron chi connectivity index (χ0n) is 9.51. The molecule has 6 heteroatoms. The van der Waals surface area contributed by atoms with Crippen molar-refractivity contribution in [1.82, 2.24) is 14.8 Å². The van der Waals surface area contributed by atoms with Crippen molar-refractivity contribution in [3.63, 3.8) is 0 Å². The van der Waals surface area contributed by atoms with Crippen molar-refractivity contribution in [2.45, 2.75) is 18.8 Å². The molecule has 0 bridgehead atoms. The normalized spacial score (nSPS) is 14.7. The highest BCUT2D eigenvalue weighted by Gasteiger charge is 2.25. The molecule has 3 rings (SSSR count). The lowest BCUT2D eigenvalue weighted by Crippen LogP contribution is -2.22. The van der Waals surface area contributed by atoms with Crippen LogP contribution in [-0.2, 0) is 0 Å². The fourth-order valence-electron chi connectivity index (χ4n) is 1.80. The molecular weight excluding hydrogens is 252 g/mol. The summed E-state index contributed by atoms with van der Waals surface area (Å²) in [7, 11) is 0. The van der Waals surface area contributed by atoms with Gasteiger partial charge in [-0.2, -0.15) is 5.10 Å². The van der Waals surface area contributed by atoms with Gasteiger partial charge in [-0.15, -0.1) is 5.10 Å². The fourth-order valence-corrected chi connectivity index (χ4v) is 2.01. The van der Waals surface area contributed by atoms with Gasteiger partial charge in [0.2, 0.25) is 0 Å². The van der Waals surface area contributed by atoms with Crippen LogP contribution in [-0.4, -0.2) is 14.8 Å². The second-order valence-corrected chi connectivity index (χ2v) is 4.82. The number of anilines is 1. The molecule has 2 heterocycles. The highest BCUT2D eigenvalue weighted by atomic mass is 35.5. The summed E-state index contributed by atoms with van der Waals surface area (Å²) in [6.45, 7) is 0. The van der Waals surface area contributed by atoms with E-state index in [1.165, 1.54) is 16.8 Å². The smallest absolute Gasteiger partial charge is 0.279 e. The molecule has 0 aliphatic heterocycles. The molecule has 0 amide bonds. The number of hydrogen-bond donors (Lipinski definition) is 1. The van der Waals surface area contributed by atoms with E-state index in [9.17, 15) is 4.79 Å². The van der Waals surface area contributed by atoms with Crippen molar-refractivity contribution in [2.75, 3.05) is 5.73 Å². The minimum atomic E-state index is -0.340. The number of hydrogen-bond acceptors (Lipinski definition) is 4. The van der Waals surface area contributed by atoms with Crippen LogP contribution in [0, 0.1) is 0 Å². The minimum absolute atomic E-state index is 0.0931. The first-order valence-electron chi connectivity index (χ1n) is 5.67.